The molecule has 0 aromatic carbocycles. The number of halogens is 3. The molecule has 0 radical (unpaired) electrons. The summed E-state index contributed by atoms with van der Waals surface area (Å²) < 4.78 is 45.3. The van der Waals surface area contributed by atoms with Gasteiger partial charge in [-0.25, -0.2) is 13.2 Å². The van der Waals surface area contributed by atoms with Gasteiger partial charge in [-0.2, -0.15) is 0 Å². The first kappa shape index (κ1) is 27.8. The smallest absolute Gasteiger partial charge is 0.134 e. The minimum absolute atomic E-state index is 0.0214. The highest BCUT2D eigenvalue weighted by Crippen LogP contribution is 2.49. The van der Waals surface area contributed by atoms with E-state index in [0.717, 1.165) is 82.5 Å². The summed E-state index contributed by atoms with van der Waals surface area (Å²) in [6.45, 7) is 4.45. The highest BCUT2D eigenvalue weighted by atomic mass is 19.2. The van der Waals surface area contributed by atoms with Gasteiger partial charge >= 0.3 is 0 Å². The third-order valence-corrected chi connectivity index (χ3v) is 11.4. The molecule has 4 aliphatic rings. The quantitative estimate of drug-likeness (QED) is 0.298. The van der Waals surface area contributed by atoms with Crippen LogP contribution in [0.4, 0.5) is 13.2 Å². The molecule has 0 saturated heterocycles. The van der Waals surface area contributed by atoms with Crippen molar-refractivity contribution in [3.8, 4) is 0 Å². The molecule has 4 fully saturated rings. The second-order valence-corrected chi connectivity index (χ2v) is 13.4. The van der Waals surface area contributed by atoms with Crippen LogP contribution < -0.4 is 0 Å². The second-order valence-electron chi connectivity index (χ2n) is 13.4. The molecular weight excluding hydrogens is 441 g/mol. The Morgan fingerprint density at radius 3 is 1.54 bits per heavy atom. The van der Waals surface area contributed by atoms with Crippen LogP contribution in [0.25, 0.3) is 0 Å². The van der Waals surface area contributed by atoms with Gasteiger partial charge in [0.05, 0.1) is 0 Å². The average molecular weight is 497 g/mol. The Bertz CT molecular complexity index is 592. The molecule has 4 rings (SSSR count). The fourth-order valence-corrected chi connectivity index (χ4v) is 9.01. The molecule has 0 heterocycles. The predicted molar refractivity (Wildman–Crippen MR) is 142 cm³/mol. The van der Waals surface area contributed by atoms with Crippen LogP contribution in [0, 0.1) is 47.3 Å². The normalized spacial score (nSPS) is 45.3. The molecule has 4 aliphatic carbocycles. The van der Waals surface area contributed by atoms with Crippen molar-refractivity contribution < 1.29 is 13.2 Å². The van der Waals surface area contributed by atoms with Gasteiger partial charge in [0.25, 0.3) is 0 Å². The van der Waals surface area contributed by atoms with E-state index >= 15 is 8.78 Å². The van der Waals surface area contributed by atoms with Crippen LogP contribution in [0.1, 0.15) is 136 Å². The number of hydrogen-bond acceptors (Lipinski definition) is 0. The zero-order chi connectivity index (χ0) is 24.8. The highest BCUT2D eigenvalue weighted by Gasteiger charge is 2.46. The largest absolute Gasteiger partial charge is 0.247 e. The topological polar surface area (TPSA) is 0 Å². The standard InChI is InChI=1S/C32H55F3/c1-3-6-23-10-14-25(15-11-23)28-19-20-29(32(35)31(28)34)26-16-12-24(13-17-26)7-5-8-27-18-9-22(4-2)21-30(27)33/h22-32H,3-21H2,1-2H3. The first-order valence-corrected chi connectivity index (χ1v) is 15.9. The van der Waals surface area contributed by atoms with Gasteiger partial charge < -0.3 is 0 Å². The third-order valence-electron chi connectivity index (χ3n) is 11.4. The van der Waals surface area contributed by atoms with Crippen molar-refractivity contribution >= 4 is 0 Å². The van der Waals surface area contributed by atoms with Crippen molar-refractivity contribution in [2.24, 2.45) is 47.3 Å². The Kier molecular flexibility index (Phi) is 10.8. The predicted octanol–water partition coefficient (Wildman–Crippen LogP) is 10.4. The molecule has 0 spiro atoms. The van der Waals surface area contributed by atoms with Gasteiger partial charge in [-0.1, -0.05) is 71.6 Å². The van der Waals surface area contributed by atoms with E-state index in [1.54, 1.807) is 0 Å². The fourth-order valence-electron chi connectivity index (χ4n) is 9.01. The zero-order valence-corrected chi connectivity index (χ0v) is 22.9. The maximum absolute atomic E-state index is 15.4. The van der Waals surface area contributed by atoms with Gasteiger partial charge in [-0.15, -0.1) is 0 Å². The van der Waals surface area contributed by atoms with Crippen molar-refractivity contribution in [1.29, 1.82) is 0 Å². The van der Waals surface area contributed by atoms with Gasteiger partial charge in [0, 0.05) is 0 Å². The fraction of sp³-hybridized carbons (Fsp3) is 1.00. The van der Waals surface area contributed by atoms with E-state index in [4.69, 9.17) is 0 Å². The van der Waals surface area contributed by atoms with Crippen molar-refractivity contribution in [3.05, 3.63) is 0 Å². The minimum atomic E-state index is -1.23. The summed E-state index contributed by atoms with van der Waals surface area (Å²) in [5.41, 5.74) is 0. The first-order chi connectivity index (χ1) is 17.0. The van der Waals surface area contributed by atoms with Gasteiger partial charge in [0.15, 0.2) is 0 Å². The molecule has 0 aliphatic heterocycles. The van der Waals surface area contributed by atoms with Crippen LogP contribution in [0.5, 0.6) is 0 Å². The van der Waals surface area contributed by atoms with Crippen molar-refractivity contribution in [2.45, 2.75) is 154 Å². The van der Waals surface area contributed by atoms with Crippen LogP contribution >= 0.6 is 0 Å². The SMILES string of the molecule is CCCC1CCC(C2CCC(C3CCC(CCCC4CCC(CC)CC4F)CC3)C(F)C2F)CC1. The molecule has 4 saturated carbocycles. The lowest BCUT2D eigenvalue weighted by Gasteiger charge is -2.44. The minimum Gasteiger partial charge on any atom is -0.247 e. The molecule has 204 valence electrons. The Morgan fingerprint density at radius 2 is 1.06 bits per heavy atom. The van der Waals surface area contributed by atoms with Crippen LogP contribution in [0.15, 0.2) is 0 Å². The zero-order valence-electron chi connectivity index (χ0n) is 22.9. The summed E-state index contributed by atoms with van der Waals surface area (Å²) in [6.07, 6.45) is 18.2. The lowest BCUT2D eigenvalue weighted by atomic mass is 9.63. The van der Waals surface area contributed by atoms with Crippen molar-refractivity contribution in [3.63, 3.8) is 0 Å². The number of rotatable bonds is 9. The Hall–Kier alpha value is -0.210. The van der Waals surface area contributed by atoms with E-state index in [0.29, 0.717) is 23.7 Å². The molecule has 0 amide bonds. The van der Waals surface area contributed by atoms with E-state index in [-0.39, 0.29) is 11.8 Å². The first-order valence-electron chi connectivity index (χ1n) is 15.9. The Labute approximate surface area is 215 Å². The molecule has 0 nitrogen and oxygen atoms in total. The number of hydrogen-bond donors (Lipinski definition) is 0. The summed E-state index contributed by atoms with van der Waals surface area (Å²) in [7, 11) is 0. The molecule has 0 aromatic rings. The second kappa shape index (κ2) is 13.5. The molecule has 0 aromatic heterocycles. The summed E-state index contributed by atoms with van der Waals surface area (Å²) >= 11 is 0. The molecule has 0 N–H and O–H groups in total. The summed E-state index contributed by atoms with van der Waals surface area (Å²) in [4.78, 5) is 0. The van der Waals surface area contributed by atoms with Crippen LogP contribution in [-0.2, 0) is 0 Å². The van der Waals surface area contributed by atoms with Crippen molar-refractivity contribution in [2.75, 3.05) is 0 Å². The Morgan fingerprint density at radius 1 is 0.543 bits per heavy atom. The highest BCUT2D eigenvalue weighted by molar-refractivity contribution is 4.95. The van der Waals surface area contributed by atoms with E-state index in [2.05, 4.69) is 13.8 Å². The molecule has 35 heavy (non-hydrogen) atoms. The van der Waals surface area contributed by atoms with E-state index in [1.807, 2.05) is 0 Å². The van der Waals surface area contributed by atoms with Crippen molar-refractivity contribution in [1.82, 2.24) is 0 Å². The maximum atomic E-state index is 15.4. The van der Waals surface area contributed by atoms with Gasteiger partial charge in [-0.05, 0) is 112 Å². The number of alkyl halides is 3. The average Bonchev–Trinajstić information content (AvgIpc) is 2.88. The van der Waals surface area contributed by atoms with Crippen LogP contribution in [0.2, 0.25) is 0 Å². The summed E-state index contributed by atoms with van der Waals surface area (Å²) in [5, 5.41) is 0. The summed E-state index contributed by atoms with van der Waals surface area (Å²) in [6, 6.07) is 0. The van der Waals surface area contributed by atoms with E-state index < -0.39 is 18.5 Å². The van der Waals surface area contributed by atoms with Crippen LogP contribution in [0.3, 0.4) is 0 Å². The summed E-state index contributed by atoms with van der Waals surface area (Å²) in [5.74, 6) is 3.21. The molecule has 0 bridgehead atoms. The monoisotopic (exact) mass is 496 g/mol. The molecule has 7 atom stereocenters. The third kappa shape index (κ3) is 7.22. The molecular formula is C32H55F3. The van der Waals surface area contributed by atoms with Gasteiger partial charge in [0.1, 0.15) is 18.5 Å². The van der Waals surface area contributed by atoms with Crippen LogP contribution in [-0.4, -0.2) is 18.5 Å². The maximum Gasteiger partial charge on any atom is 0.134 e. The Balaban J connectivity index is 1.15. The lowest BCUT2D eigenvalue weighted by molar-refractivity contribution is -0.0371. The van der Waals surface area contributed by atoms with Gasteiger partial charge in [0.2, 0.25) is 0 Å². The van der Waals surface area contributed by atoms with E-state index in [9.17, 15) is 4.39 Å². The lowest BCUT2D eigenvalue weighted by Crippen LogP contribution is -2.45. The molecule has 7 unspecified atom stereocenters. The molecule has 3 heteroatoms. The van der Waals surface area contributed by atoms with E-state index in [1.165, 1.54) is 51.4 Å². The van der Waals surface area contributed by atoms with Gasteiger partial charge in [-0.3, -0.25) is 0 Å².